The van der Waals surface area contributed by atoms with E-state index < -0.39 is 0 Å². The average molecular weight is 211 g/mol. The molecule has 0 spiro atoms. The molecule has 2 heteroatoms. The third kappa shape index (κ3) is 2.48. The van der Waals surface area contributed by atoms with Crippen molar-refractivity contribution in [3.8, 4) is 0 Å². The Hall–Kier alpha value is -2.09. The summed E-state index contributed by atoms with van der Waals surface area (Å²) in [4.78, 5) is 11.2. The molecule has 0 aliphatic heterocycles. The summed E-state index contributed by atoms with van der Waals surface area (Å²) >= 11 is 0. The van der Waals surface area contributed by atoms with Gasteiger partial charge in [0.25, 0.3) is 0 Å². The molecule has 0 aliphatic rings. The van der Waals surface area contributed by atoms with Crippen LogP contribution in [0, 0.1) is 0 Å². The van der Waals surface area contributed by atoms with Crippen LogP contribution in [0.15, 0.2) is 53.5 Å². The molecular weight excluding hydrogens is 198 g/mol. The molecule has 0 fully saturated rings. The van der Waals surface area contributed by atoms with Crippen molar-refractivity contribution in [1.29, 1.82) is 0 Å². The molecule has 0 N–H and O–H groups in total. The normalized spacial score (nSPS) is 10.8. The van der Waals surface area contributed by atoms with Crippen molar-refractivity contribution >= 4 is 12.2 Å². The van der Waals surface area contributed by atoms with Crippen molar-refractivity contribution in [2.24, 2.45) is 7.05 Å². The van der Waals surface area contributed by atoms with Gasteiger partial charge in [0, 0.05) is 19.3 Å². The Balaban J connectivity index is 2.24. The highest BCUT2D eigenvalue weighted by atomic mass is 16.1. The molecule has 80 valence electrons. The Bertz CT molecular complexity index is 552. The lowest BCUT2D eigenvalue weighted by Crippen LogP contribution is -2.13. The molecule has 1 aromatic heterocycles. The summed E-state index contributed by atoms with van der Waals surface area (Å²) in [6, 6.07) is 13.5. The van der Waals surface area contributed by atoms with Crippen molar-refractivity contribution in [2.75, 3.05) is 0 Å². The molecule has 0 saturated heterocycles. The molecule has 2 rings (SSSR count). The molecule has 1 aromatic carbocycles. The highest BCUT2D eigenvalue weighted by Gasteiger charge is 1.91. The number of pyridine rings is 1. The molecule has 2 aromatic rings. The monoisotopic (exact) mass is 211 g/mol. The predicted molar refractivity (Wildman–Crippen MR) is 67.1 cm³/mol. The second kappa shape index (κ2) is 4.62. The first-order valence-corrected chi connectivity index (χ1v) is 5.15. The van der Waals surface area contributed by atoms with E-state index in [0.29, 0.717) is 0 Å². The Morgan fingerprint density at radius 1 is 0.938 bits per heavy atom. The number of aryl methyl sites for hydroxylation is 1. The van der Waals surface area contributed by atoms with Gasteiger partial charge in [-0.15, -0.1) is 0 Å². The van der Waals surface area contributed by atoms with E-state index in [0.717, 1.165) is 11.1 Å². The highest BCUT2D eigenvalue weighted by molar-refractivity contribution is 5.68. The van der Waals surface area contributed by atoms with Crippen LogP contribution in [-0.4, -0.2) is 4.57 Å². The number of aromatic nitrogens is 1. The number of hydrogen-bond acceptors (Lipinski definition) is 1. The Labute approximate surface area is 94.5 Å². The lowest BCUT2D eigenvalue weighted by atomic mass is 10.2. The third-order valence-electron chi connectivity index (χ3n) is 2.38. The summed E-state index contributed by atoms with van der Waals surface area (Å²) in [6.45, 7) is 0. The standard InChI is InChI=1S/C14H13NO/c1-15-11-13(9-10-14(15)16)8-7-12-5-3-2-4-6-12/h2-11H,1H3/b8-7+. The number of nitrogens with zero attached hydrogens (tertiary/aromatic N) is 1. The zero-order valence-electron chi connectivity index (χ0n) is 9.13. The minimum Gasteiger partial charge on any atom is -0.318 e. The van der Waals surface area contributed by atoms with Gasteiger partial charge >= 0.3 is 0 Å². The van der Waals surface area contributed by atoms with Crippen LogP contribution in [0.2, 0.25) is 0 Å². The number of hydrogen-bond donors (Lipinski definition) is 0. The van der Waals surface area contributed by atoms with Crippen LogP contribution in [0.25, 0.3) is 12.2 Å². The summed E-state index contributed by atoms with van der Waals surface area (Å²) in [5, 5.41) is 0. The molecule has 0 bridgehead atoms. The minimum absolute atomic E-state index is 0.0110. The molecule has 2 nitrogen and oxygen atoms in total. The van der Waals surface area contributed by atoms with E-state index in [2.05, 4.69) is 0 Å². The zero-order chi connectivity index (χ0) is 11.4. The molecular formula is C14H13NO. The van der Waals surface area contributed by atoms with Gasteiger partial charge in [-0.05, 0) is 17.2 Å². The van der Waals surface area contributed by atoms with E-state index in [1.54, 1.807) is 17.7 Å². The third-order valence-corrected chi connectivity index (χ3v) is 2.38. The molecule has 0 radical (unpaired) electrons. The van der Waals surface area contributed by atoms with Crippen LogP contribution in [0.1, 0.15) is 11.1 Å². The van der Waals surface area contributed by atoms with Gasteiger partial charge in [-0.25, -0.2) is 0 Å². The second-order valence-corrected chi connectivity index (χ2v) is 3.66. The van der Waals surface area contributed by atoms with Crippen LogP contribution in [-0.2, 0) is 7.05 Å². The molecule has 1 heterocycles. The van der Waals surface area contributed by atoms with E-state index in [1.807, 2.05) is 54.7 Å². The molecule has 0 saturated carbocycles. The summed E-state index contributed by atoms with van der Waals surface area (Å²) in [7, 11) is 1.75. The molecule has 0 amide bonds. The van der Waals surface area contributed by atoms with Crippen molar-refractivity contribution < 1.29 is 0 Å². The van der Waals surface area contributed by atoms with Crippen LogP contribution < -0.4 is 5.56 Å². The summed E-state index contributed by atoms with van der Waals surface area (Å²) in [6.07, 6.45) is 5.84. The first kappa shape index (κ1) is 10.4. The zero-order valence-corrected chi connectivity index (χ0v) is 9.13. The van der Waals surface area contributed by atoms with Crippen molar-refractivity contribution in [2.45, 2.75) is 0 Å². The second-order valence-electron chi connectivity index (χ2n) is 3.66. The smallest absolute Gasteiger partial charge is 0.250 e. The maximum atomic E-state index is 11.2. The van der Waals surface area contributed by atoms with E-state index in [9.17, 15) is 4.79 Å². The van der Waals surface area contributed by atoms with Gasteiger partial charge in [-0.2, -0.15) is 0 Å². The van der Waals surface area contributed by atoms with Gasteiger partial charge in [0.2, 0.25) is 5.56 Å². The van der Waals surface area contributed by atoms with Crippen LogP contribution in [0.3, 0.4) is 0 Å². The maximum absolute atomic E-state index is 11.2. The van der Waals surface area contributed by atoms with Crippen molar-refractivity contribution in [3.63, 3.8) is 0 Å². The van der Waals surface area contributed by atoms with E-state index >= 15 is 0 Å². The van der Waals surface area contributed by atoms with Gasteiger partial charge in [-0.3, -0.25) is 4.79 Å². The molecule has 16 heavy (non-hydrogen) atoms. The highest BCUT2D eigenvalue weighted by Crippen LogP contribution is 2.05. The number of benzene rings is 1. The fraction of sp³-hybridized carbons (Fsp3) is 0.0714. The Morgan fingerprint density at radius 2 is 1.62 bits per heavy atom. The van der Waals surface area contributed by atoms with E-state index in [-0.39, 0.29) is 5.56 Å². The largest absolute Gasteiger partial charge is 0.318 e. The molecule has 0 atom stereocenters. The average Bonchev–Trinajstić information content (AvgIpc) is 2.32. The molecule has 0 unspecified atom stereocenters. The fourth-order valence-corrected chi connectivity index (χ4v) is 1.47. The Morgan fingerprint density at radius 3 is 2.31 bits per heavy atom. The first-order valence-electron chi connectivity index (χ1n) is 5.15. The quantitative estimate of drug-likeness (QED) is 0.748. The van der Waals surface area contributed by atoms with Gasteiger partial charge in [-0.1, -0.05) is 42.5 Å². The summed E-state index contributed by atoms with van der Waals surface area (Å²) in [5.74, 6) is 0. The van der Waals surface area contributed by atoms with Crippen LogP contribution >= 0.6 is 0 Å². The summed E-state index contributed by atoms with van der Waals surface area (Å²) in [5.41, 5.74) is 2.18. The SMILES string of the molecule is Cn1cc(/C=C/c2ccccc2)ccc1=O. The van der Waals surface area contributed by atoms with E-state index in [1.165, 1.54) is 0 Å². The fourth-order valence-electron chi connectivity index (χ4n) is 1.47. The van der Waals surface area contributed by atoms with Gasteiger partial charge < -0.3 is 4.57 Å². The predicted octanol–water partition coefficient (Wildman–Crippen LogP) is 2.56. The lowest BCUT2D eigenvalue weighted by Gasteiger charge is -1.98. The topological polar surface area (TPSA) is 22.0 Å². The van der Waals surface area contributed by atoms with Crippen molar-refractivity contribution in [1.82, 2.24) is 4.57 Å². The minimum atomic E-state index is 0.0110. The van der Waals surface area contributed by atoms with Gasteiger partial charge in [0.1, 0.15) is 0 Å². The number of rotatable bonds is 2. The van der Waals surface area contributed by atoms with Crippen LogP contribution in [0.5, 0.6) is 0 Å². The van der Waals surface area contributed by atoms with Crippen LogP contribution in [0.4, 0.5) is 0 Å². The van der Waals surface area contributed by atoms with E-state index in [4.69, 9.17) is 0 Å². The maximum Gasteiger partial charge on any atom is 0.250 e. The Kier molecular flexibility index (Phi) is 3.01. The first-order chi connectivity index (χ1) is 7.75. The van der Waals surface area contributed by atoms with Gasteiger partial charge in [0.15, 0.2) is 0 Å². The summed E-state index contributed by atoms with van der Waals surface area (Å²) < 4.78 is 1.57. The van der Waals surface area contributed by atoms with Crippen molar-refractivity contribution in [3.05, 3.63) is 70.1 Å². The lowest BCUT2D eigenvalue weighted by molar-refractivity contribution is 0.858. The van der Waals surface area contributed by atoms with Gasteiger partial charge in [0.05, 0.1) is 0 Å². The molecule has 0 aliphatic carbocycles.